The molecule has 1 heterocycles. The number of nitrogens with one attached hydrogen (secondary N) is 1. The number of carbonyl (C=O) groups excluding carboxylic acids is 2. The number of nitrogens with two attached hydrogens (primary N) is 1. The van der Waals surface area contributed by atoms with Gasteiger partial charge in [-0.05, 0) is 6.07 Å². The second-order valence-electron chi connectivity index (χ2n) is 3.59. The van der Waals surface area contributed by atoms with Crippen LogP contribution >= 0.6 is 0 Å². The molecule has 2 rings (SSSR count). The molecule has 0 aliphatic rings. The van der Waals surface area contributed by atoms with Crippen molar-refractivity contribution in [2.24, 2.45) is 5.73 Å². The van der Waals surface area contributed by atoms with Crippen LogP contribution in [0.3, 0.4) is 0 Å². The number of ether oxygens (including phenoxy) is 1. The Morgan fingerprint density at radius 3 is 2.89 bits per heavy atom. The van der Waals surface area contributed by atoms with E-state index in [9.17, 15) is 9.59 Å². The molecule has 3 N–H and O–H groups in total. The number of aromatic amines is 1. The van der Waals surface area contributed by atoms with Gasteiger partial charge in [0.2, 0.25) is 0 Å². The number of carbonyl (C=O) groups is 2. The molecule has 0 fully saturated rings. The highest BCUT2D eigenvalue weighted by atomic mass is 16.5. The molecule has 5 nitrogen and oxygen atoms in total. The third kappa shape index (κ3) is 2.31. The van der Waals surface area contributed by atoms with Gasteiger partial charge >= 0.3 is 5.97 Å². The third-order valence-electron chi connectivity index (χ3n) is 2.46. The van der Waals surface area contributed by atoms with Crippen LogP contribution < -0.4 is 5.73 Å². The van der Waals surface area contributed by atoms with Crippen molar-refractivity contribution in [2.75, 3.05) is 6.54 Å². The van der Waals surface area contributed by atoms with Crippen LogP contribution in [0, 0.1) is 0 Å². The number of aldehydes is 1. The quantitative estimate of drug-likeness (QED) is 0.366. The van der Waals surface area contributed by atoms with E-state index in [0.29, 0.717) is 11.8 Å². The van der Waals surface area contributed by atoms with E-state index in [0.717, 1.165) is 10.9 Å². The van der Waals surface area contributed by atoms with E-state index in [4.69, 9.17) is 10.5 Å². The van der Waals surface area contributed by atoms with Gasteiger partial charge in [-0.1, -0.05) is 18.2 Å². The van der Waals surface area contributed by atoms with Crippen LogP contribution in [-0.4, -0.2) is 23.8 Å². The third-order valence-corrected chi connectivity index (χ3v) is 2.46. The van der Waals surface area contributed by atoms with Gasteiger partial charge in [0.25, 0.3) is 0 Å². The molecule has 0 aliphatic carbocycles. The lowest BCUT2D eigenvalue weighted by Crippen LogP contribution is -2.16. The summed E-state index contributed by atoms with van der Waals surface area (Å²) in [7, 11) is 0. The summed E-state index contributed by atoms with van der Waals surface area (Å²) in [6.45, 7) is -0.238. The lowest BCUT2D eigenvalue weighted by atomic mass is 10.1. The minimum absolute atomic E-state index is 0.193. The van der Waals surface area contributed by atoms with E-state index in [1.165, 1.54) is 6.08 Å². The Hall–Kier alpha value is -2.40. The van der Waals surface area contributed by atoms with Crippen LogP contribution in [-0.2, 0) is 14.3 Å². The standard InChI is InChI=1S/C13H12N2O3/c14-7-13(17)18-12(5-6-16)10-8-15-11-4-2-1-3-9(10)11/h1-6,8,15H,7,14H2. The predicted octanol–water partition coefficient (Wildman–Crippen LogP) is 1.21. The van der Waals surface area contributed by atoms with Crippen molar-refractivity contribution in [2.45, 2.75) is 0 Å². The highest BCUT2D eigenvalue weighted by Gasteiger charge is 2.12. The lowest BCUT2D eigenvalue weighted by molar-refractivity contribution is -0.135. The number of fused-ring (bicyclic) bond motifs is 1. The first kappa shape index (κ1) is 12.1. The van der Waals surface area contributed by atoms with Gasteiger partial charge in [0.1, 0.15) is 12.0 Å². The summed E-state index contributed by atoms with van der Waals surface area (Å²) in [5.74, 6) is -0.397. The largest absolute Gasteiger partial charge is 0.425 e. The number of H-pyrrole nitrogens is 1. The lowest BCUT2D eigenvalue weighted by Gasteiger charge is -2.05. The molecule has 0 saturated heterocycles. The number of rotatable bonds is 4. The predicted molar refractivity (Wildman–Crippen MR) is 67.5 cm³/mol. The maximum Gasteiger partial charge on any atom is 0.325 e. The van der Waals surface area contributed by atoms with E-state index in [1.54, 1.807) is 6.20 Å². The number of allylic oxidation sites excluding steroid dienone is 1. The molecule has 92 valence electrons. The summed E-state index contributed by atoms with van der Waals surface area (Å²) < 4.78 is 5.04. The van der Waals surface area contributed by atoms with Crippen LogP contribution in [0.5, 0.6) is 0 Å². The molecule has 0 aliphatic heterocycles. The van der Waals surface area contributed by atoms with E-state index >= 15 is 0 Å². The molecular weight excluding hydrogens is 232 g/mol. The normalized spacial score (nSPS) is 11.5. The average Bonchev–Trinajstić information content (AvgIpc) is 2.82. The zero-order valence-corrected chi connectivity index (χ0v) is 9.55. The van der Waals surface area contributed by atoms with Crippen LogP contribution in [0.1, 0.15) is 5.56 Å². The second kappa shape index (κ2) is 5.29. The topological polar surface area (TPSA) is 85.2 Å². The van der Waals surface area contributed by atoms with Crippen molar-refractivity contribution in [3.8, 4) is 0 Å². The fourth-order valence-corrected chi connectivity index (χ4v) is 1.68. The Kier molecular flexibility index (Phi) is 3.54. The summed E-state index contributed by atoms with van der Waals surface area (Å²) in [5.41, 5.74) is 6.73. The average molecular weight is 244 g/mol. The van der Waals surface area contributed by atoms with Crippen molar-refractivity contribution >= 4 is 28.9 Å². The molecule has 0 atom stereocenters. The molecule has 5 heteroatoms. The summed E-state index contributed by atoms with van der Waals surface area (Å²) in [4.78, 5) is 24.9. The molecule has 18 heavy (non-hydrogen) atoms. The van der Waals surface area contributed by atoms with Gasteiger partial charge in [-0.25, -0.2) is 0 Å². The maximum atomic E-state index is 11.2. The van der Waals surface area contributed by atoms with Gasteiger partial charge in [0.15, 0.2) is 0 Å². The highest BCUT2D eigenvalue weighted by Crippen LogP contribution is 2.25. The zero-order chi connectivity index (χ0) is 13.0. The van der Waals surface area contributed by atoms with E-state index in [-0.39, 0.29) is 12.3 Å². The van der Waals surface area contributed by atoms with E-state index in [1.807, 2.05) is 24.3 Å². The smallest absolute Gasteiger partial charge is 0.325 e. The van der Waals surface area contributed by atoms with Crippen molar-refractivity contribution in [1.29, 1.82) is 0 Å². The van der Waals surface area contributed by atoms with Gasteiger partial charge < -0.3 is 15.5 Å². The maximum absolute atomic E-state index is 11.2. The molecule has 0 amide bonds. The Morgan fingerprint density at radius 1 is 1.39 bits per heavy atom. The van der Waals surface area contributed by atoms with Crippen molar-refractivity contribution in [1.82, 2.24) is 4.98 Å². The van der Waals surface area contributed by atoms with Gasteiger partial charge in [0, 0.05) is 28.7 Å². The van der Waals surface area contributed by atoms with E-state index < -0.39 is 5.97 Å². The van der Waals surface area contributed by atoms with E-state index in [2.05, 4.69) is 4.98 Å². The first-order valence-electron chi connectivity index (χ1n) is 5.39. The van der Waals surface area contributed by atoms with Crippen LogP contribution in [0.2, 0.25) is 0 Å². The second-order valence-corrected chi connectivity index (χ2v) is 3.59. The number of hydrogen-bond acceptors (Lipinski definition) is 4. The Labute approximate surface area is 103 Å². The number of esters is 1. The van der Waals surface area contributed by atoms with Gasteiger partial charge in [0.05, 0.1) is 6.54 Å². The molecular formula is C13H12N2O3. The van der Waals surface area contributed by atoms with Crippen molar-refractivity contribution < 1.29 is 14.3 Å². The SMILES string of the molecule is NCC(=O)OC(=CC=O)c1c[nH]c2ccccc12. The first-order valence-corrected chi connectivity index (χ1v) is 5.39. The summed E-state index contributed by atoms with van der Waals surface area (Å²) in [6.07, 6.45) is 3.45. The summed E-state index contributed by atoms with van der Waals surface area (Å²) >= 11 is 0. The molecule has 2 aromatic rings. The molecule has 1 aromatic heterocycles. The highest BCUT2D eigenvalue weighted by molar-refractivity contribution is 5.96. The van der Waals surface area contributed by atoms with Gasteiger partial charge in [-0.2, -0.15) is 0 Å². The minimum atomic E-state index is -0.589. The monoisotopic (exact) mass is 244 g/mol. The molecule has 0 bridgehead atoms. The van der Waals surface area contributed by atoms with Crippen LogP contribution in [0.15, 0.2) is 36.5 Å². The molecule has 0 spiro atoms. The number of hydrogen-bond donors (Lipinski definition) is 2. The number of para-hydroxylation sites is 1. The Balaban J connectivity index is 2.45. The number of aromatic nitrogens is 1. The molecule has 1 aromatic carbocycles. The Bertz CT molecular complexity index is 613. The van der Waals surface area contributed by atoms with Crippen LogP contribution in [0.4, 0.5) is 0 Å². The van der Waals surface area contributed by atoms with Crippen molar-refractivity contribution in [3.63, 3.8) is 0 Å². The minimum Gasteiger partial charge on any atom is -0.425 e. The van der Waals surface area contributed by atoms with Gasteiger partial charge in [-0.15, -0.1) is 0 Å². The molecule has 0 radical (unpaired) electrons. The molecule has 0 saturated carbocycles. The first-order chi connectivity index (χ1) is 8.76. The summed E-state index contributed by atoms with van der Waals surface area (Å²) in [5, 5.41) is 0.871. The van der Waals surface area contributed by atoms with Gasteiger partial charge in [-0.3, -0.25) is 9.59 Å². The fraction of sp³-hybridized carbons (Fsp3) is 0.0769. The Morgan fingerprint density at radius 2 is 2.17 bits per heavy atom. The fourth-order valence-electron chi connectivity index (χ4n) is 1.68. The summed E-state index contributed by atoms with van der Waals surface area (Å²) in [6, 6.07) is 7.51. The number of benzene rings is 1. The van der Waals surface area contributed by atoms with Crippen LogP contribution in [0.25, 0.3) is 16.7 Å². The molecule has 0 unspecified atom stereocenters. The zero-order valence-electron chi connectivity index (χ0n) is 9.55. The van der Waals surface area contributed by atoms with Crippen molar-refractivity contribution in [3.05, 3.63) is 42.1 Å².